The Balaban J connectivity index is 2.01. The third-order valence-corrected chi connectivity index (χ3v) is 3.41. The van der Waals surface area contributed by atoms with Crippen molar-refractivity contribution in [3.05, 3.63) is 21.9 Å². The Morgan fingerprint density at radius 1 is 1.47 bits per heavy atom. The van der Waals surface area contributed by atoms with Crippen molar-refractivity contribution in [3.8, 4) is 0 Å². The Morgan fingerprint density at radius 2 is 2.29 bits per heavy atom. The average molecular weight is 272 g/mol. The first-order valence-electron chi connectivity index (χ1n) is 5.45. The lowest BCUT2D eigenvalue weighted by Gasteiger charge is -1.96. The van der Waals surface area contributed by atoms with Crippen LogP contribution in [-0.4, -0.2) is 26.5 Å². The van der Waals surface area contributed by atoms with Gasteiger partial charge in [0, 0.05) is 12.7 Å². The summed E-state index contributed by atoms with van der Waals surface area (Å²) in [7, 11) is 0. The number of hydrogen-bond donors (Lipinski definition) is 1. The van der Waals surface area contributed by atoms with Crippen LogP contribution in [0.2, 0.25) is 5.02 Å². The van der Waals surface area contributed by atoms with E-state index in [9.17, 15) is 0 Å². The molecule has 0 saturated heterocycles. The van der Waals surface area contributed by atoms with Gasteiger partial charge in [-0.25, -0.2) is 0 Å². The van der Waals surface area contributed by atoms with E-state index in [0.29, 0.717) is 11.6 Å². The maximum atomic E-state index is 5.94. The van der Waals surface area contributed by atoms with Gasteiger partial charge in [-0.15, -0.1) is 10.2 Å². The van der Waals surface area contributed by atoms with E-state index in [1.807, 2.05) is 6.92 Å². The lowest BCUT2D eigenvalue weighted by Crippen LogP contribution is -1.99. The molecule has 0 aliphatic heterocycles. The number of halogens is 1. The van der Waals surface area contributed by atoms with E-state index in [1.54, 1.807) is 22.2 Å². The molecule has 0 amide bonds. The highest BCUT2D eigenvalue weighted by atomic mass is 35.5. The summed E-state index contributed by atoms with van der Waals surface area (Å²) < 4.78 is 1.78. The summed E-state index contributed by atoms with van der Waals surface area (Å²) in [5, 5.41) is 18.1. The Bertz CT molecular complexity index is 473. The van der Waals surface area contributed by atoms with Crippen molar-refractivity contribution < 1.29 is 0 Å². The second-order valence-electron chi connectivity index (χ2n) is 3.69. The molecular formula is C10H14ClN5S. The molecule has 0 saturated carbocycles. The van der Waals surface area contributed by atoms with Crippen molar-refractivity contribution in [1.82, 2.24) is 20.0 Å². The van der Waals surface area contributed by atoms with Crippen LogP contribution in [0.1, 0.15) is 24.0 Å². The smallest absolute Gasteiger partial charge is 0.205 e. The zero-order valence-corrected chi connectivity index (χ0v) is 11.3. The number of hydrogen-bond acceptors (Lipinski definition) is 5. The van der Waals surface area contributed by atoms with Gasteiger partial charge in [-0.1, -0.05) is 29.9 Å². The number of anilines is 1. The van der Waals surface area contributed by atoms with Crippen molar-refractivity contribution in [1.29, 1.82) is 0 Å². The van der Waals surface area contributed by atoms with Gasteiger partial charge >= 0.3 is 0 Å². The average Bonchev–Trinajstić information content (AvgIpc) is 2.85. The second kappa shape index (κ2) is 5.46. The summed E-state index contributed by atoms with van der Waals surface area (Å²) in [5.74, 6) is 0. The molecule has 0 bridgehead atoms. The molecule has 2 aromatic heterocycles. The zero-order chi connectivity index (χ0) is 12.3. The van der Waals surface area contributed by atoms with Crippen molar-refractivity contribution in [2.75, 3.05) is 11.9 Å². The standard InChI is InChI=1S/C10H14ClN5S/c1-3-4-12-10-14-13-9(17-10)6-16-5-8(11)7(2)15-16/h5H,3-4,6H2,1-2H3,(H,12,14). The van der Waals surface area contributed by atoms with Crippen LogP contribution in [0.3, 0.4) is 0 Å². The topological polar surface area (TPSA) is 55.6 Å². The van der Waals surface area contributed by atoms with Crippen LogP contribution in [0.25, 0.3) is 0 Å². The minimum absolute atomic E-state index is 0.610. The summed E-state index contributed by atoms with van der Waals surface area (Å²) in [4.78, 5) is 0. The number of rotatable bonds is 5. The lowest BCUT2D eigenvalue weighted by atomic mass is 10.5. The molecule has 0 aliphatic rings. The van der Waals surface area contributed by atoms with Gasteiger partial charge in [-0.05, 0) is 13.3 Å². The van der Waals surface area contributed by atoms with E-state index in [1.165, 1.54) is 0 Å². The van der Waals surface area contributed by atoms with E-state index in [2.05, 4.69) is 27.5 Å². The summed E-state index contributed by atoms with van der Waals surface area (Å²) in [6, 6.07) is 0. The number of nitrogens with zero attached hydrogens (tertiary/aromatic N) is 4. The largest absolute Gasteiger partial charge is 0.360 e. The van der Waals surface area contributed by atoms with Crippen molar-refractivity contribution >= 4 is 28.1 Å². The molecule has 0 spiro atoms. The number of aromatic nitrogens is 4. The molecule has 2 heterocycles. The van der Waals surface area contributed by atoms with E-state index in [-0.39, 0.29) is 0 Å². The predicted molar refractivity (Wildman–Crippen MR) is 69.8 cm³/mol. The third-order valence-electron chi connectivity index (χ3n) is 2.18. The summed E-state index contributed by atoms with van der Waals surface area (Å²) in [6.07, 6.45) is 2.88. The zero-order valence-electron chi connectivity index (χ0n) is 9.77. The molecule has 17 heavy (non-hydrogen) atoms. The van der Waals surface area contributed by atoms with Gasteiger partial charge in [0.2, 0.25) is 5.13 Å². The van der Waals surface area contributed by atoms with Gasteiger partial charge < -0.3 is 5.32 Å². The molecule has 5 nitrogen and oxygen atoms in total. The van der Waals surface area contributed by atoms with Crippen molar-refractivity contribution in [2.24, 2.45) is 0 Å². The van der Waals surface area contributed by atoms with Crippen LogP contribution in [0, 0.1) is 6.92 Å². The first kappa shape index (κ1) is 12.3. The normalized spacial score (nSPS) is 10.8. The maximum absolute atomic E-state index is 5.94. The summed E-state index contributed by atoms with van der Waals surface area (Å²) >= 11 is 7.49. The molecule has 2 rings (SSSR count). The van der Waals surface area contributed by atoms with Crippen molar-refractivity contribution in [2.45, 2.75) is 26.8 Å². The Hall–Kier alpha value is -1.14. The first-order valence-corrected chi connectivity index (χ1v) is 6.64. The van der Waals surface area contributed by atoms with E-state index in [4.69, 9.17) is 11.6 Å². The molecule has 0 fully saturated rings. The quantitative estimate of drug-likeness (QED) is 0.908. The molecule has 92 valence electrons. The minimum Gasteiger partial charge on any atom is -0.360 e. The van der Waals surface area contributed by atoms with Gasteiger partial charge in [0.15, 0.2) is 0 Å². The monoisotopic (exact) mass is 271 g/mol. The molecule has 7 heteroatoms. The summed E-state index contributed by atoms with van der Waals surface area (Å²) in [5.41, 5.74) is 0.834. The third kappa shape index (κ3) is 3.17. The molecule has 1 N–H and O–H groups in total. The van der Waals surface area contributed by atoms with Crippen LogP contribution >= 0.6 is 22.9 Å². The Kier molecular flexibility index (Phi) is 3.96. The highest BCUT2D eigenvalue weighted by Crippen LogP contribution is 2.18. The van der Waals surface area contributed by atoms with Crippen molar-refractivity contribution in [3.63, 3.8) is 0 Å². The van der Waals surface area contributed by atoms with Gasteiger partial charge in [0.25, 0.3) is 0 Å². The lowest BCUT2D eigenvalue weighted by molar-refractivity contribution is 0.670. The fourth-order valence-electron chi connectivity index (χ4n) is 1.33. The summed E-state index contributed by atoms with van der Waals surface area (Å²) in [6.45, 7) is 5.52. The van der Waals surface area contributed by atoms with Gasteiger partial charge in [0.05, 0.1) is 17.3 Å². The van der Waals surface area contributed by atoms with Crippen LogP contribution < -0.4 is 5.32 Å². The fraction of sp³-hybridized carbons (Fsp3) is 0.500. The fourth-order valence-corrected chi connectivity index (χ4v) is 2.24. The molecule has 0 aliphatic carbocycles. The predicted octanol–water partition coefficient (Wildman–Crippen LogP) is 2.57. The maximum Gasteiger partial charge on any atom is 0.205 e. The minimum atomic E-state index is 0.610. The van der Waals surface area contributed by atoms with Gasteiger partial charge in [-0.2, -0.15) is 5.10 Å². The number of nitrogens with one attached hydrogen (secondary N) is 1. The van der Waals surface area contributed by atoms with E-state index < -0.39 is 0 Å². The van der Waals surface area contributed by atoms with Crippen LogP contribution in [0.15, 0.2) is 6.20 Å². The molecule has 0 radical (unpaired) electrons. The van der Waals surface area contributed by atoms with E-state index in [0.717, 1.165) is 28.8 Å². The molecule has 0 atom stereocenters. The highest BCUT2D eigenvalue weighted by molar-refractivity contribution is 7.15. The number of aryl methyl sites for hydroxylation is 1. The second-order valence-corrected chi connectivity index (χ2v) is 5.16. The van der Waals surface area contributed by atoms with Gasteiger partial charge in [-0.3, -0.25) is 4.68 Å². The molecular weight excluding hydrogens is 258 g/mol. The molecule has 2 aromatic rings. The highest BCUT2D eigenvalue weighted by Gasteiger charge is 2.07. The van der Waals surface area contributed by atoms with E-state index >= 15 is 0 Å². The Morgan fingerprint density at radius 3 is 2.94 bits per heavy atom. The van der Waals surface area contributed by atoms with Crippen LogP contribution in [0.4, 0.5) is 5.13 Å². The van der Waals surface area contributed by atoms with Gasteiger partial charge in [0.1, 0.15) is 5.01 Å². The SMILES string of the molecule is CCCNc1nnc(Cn2cc(Cl)c(C)n2)s1. The van der Waals surface area contributed by atoms with Crippen LogP contribution in [0.5, 0.6) is 0 Å². The molecule has 0 aromatic carbocycles. The first-order chi connectivity index (χ1) is 8.19. The van der Waals surface area contributed by atoms with Crippen LogP contribution in [-0.2, 0) is 6.54 Å². The molecule has 0 unspecified atom stereocenters. The Labute approximate surface area is 109 Å².